The molecule has 0 unspecified atom stereocenters. The highest BCUT2D eigenvalue weighted by Crippen LogP contribution is 2.21. The van der Waals surface area contributed by atoms with Gasteiger partial charge in [-0.05, 0) is 56.9 Å². The quantitative estimate of drug-likeness (QED) is 0.808. The maximum atomic E-state index is 12.2. The van der Waals surface area contributed by atoms with E-state index in [4.69, 9.17) is 4.74 Å². The molecule has 0 aliphatic carbocycles. The molecule has 1 aliphatic heterocycles. The molecule has 1 aromatic heterocycles. The second kappa shape index (κ2) is 8.17. The average molecular weight is 354 g/mol. The number of carbonyl (C=O) groups excluding carboxylic acids is 1. The minimum Gasteiger partial charge on any atom is -0.476 e. The van der Waals surface area contributed by atoms with Gasteiger partial charge >= 0.3 is 0 Å². The van der Waals surface area contributed by atoms with Crippen molar-refractivity contribution in [3.8, 4) is 5.88 Å². The minimum absolute atomic E-state index is 0.0895. The highest BCUT2D eigenvalue weighted by molar-refractivity contribution is 5.94. The summed E-state index contributed by atoms with van der Waals surface area (Å²) in [5.74, 6) is 2.08. The van der Waals surface area contributed by atoms with Crippen LogP contribution in [0.15, 0.2) is 24.3 Å². The molecule has 1 aliphatic rings. The van der Waals surface area contributed by atoms with Crippen LogP contribution >= 0.6 is 0 Å². The van der Waals surface area contributed by atoms with E-state index in [9.17, 15) is 4.79 Å². The molecule has 1 fully saturated rings. The van der Waals surface area contributed by atoms with Crippen molar-refractivity contribution in [1.82, 2.24) is 15.3 Å². The summed E-state index contributed by atoms with van der Waals surface area (Å²) in [6.07, 6.45) is 2.40. The summed E-state index contributed by atoms with van der Waals surface area (Å²) in [7, 11) is 0. The van der Waals surface area contributed by atoms with Crippen LogP contribution in [0.2, 0.25) is 0 Å². The molecule has 1 aromatic carbocycles. The standard InChI is InChI=1S/C20H26N4O2/c1-14-6-7-17(12-15(14)2)20(25)21-8-11-26-19-13-18(22-16(3)23-19)24-9-4-5-10-24/h6-7,12-13H,4-5,8-11H2,1-3H3,(H,21,25). The Bertz CT molecular complexity index is 785. The number of aromatic nitrogens is 2. The van der Waals surface area contributed by atoms with E-state index in [0.29, 0.717) is 30.4 Å². The Morgan fingerprint density at radius 3 is 2.62 bits per heavy atom. The summed E-state index contributed by atoms with van der Waals surface area (Å²) in [6.45, 7) is 8.76. The monoisotopic (exact) mass is 354 g/mol. The first-order valence-corrected chi connectivity index (χ1v) is 9.12. The molecule has 0 spiro atoms. The Kier molecular flexibility index (Phi) is 5.71. The number of aryl methyl sites for hydroxylation is 3. The molecule has 0 bridgehead atoms. The van der Waals surface area contributed by atoms with Gasteiger partial charge in [0.05, 0.1) is 6.54 Å². The molecular weight excluding hydrogens is 328 g/mol. The van der Waals surface area contributed by atoms with Gasteiger partial charge in [-0.3, -0.25) is 4.79 Å². The summed E-state index contributed by atoms with van der Waals surface area (Å²) in [5.41, 5.74) is 2.96. The largest absolute Gasteiger partial charge is 0.476 e. The summed E-state index contributed by atoms with van der Waals surface area (Å²) < 4.78 is 5.72. The molecule has 1 saturated heterocycles. The fourth-order valence-electron chi connectivity index (χ4n) is 3.01. The number of hydrogen-bond acceptors (Lipinski definition) is 5. The number of rotatable bonds is 6. The van der Waals surface area contributed by atoms with Gasteiger partial charge in [0.2, 0.25) is 5.88 Å². The highest BCUT2D eigenvalue weighted by atomic mass is 16.5. The van der Waals surface area contributed by atoms with Gasteiger partial charge in [-0.1, -0.05) is 6.07 Å². The first-order chi connectivity index (χ1) is 12.5. The van der Waals surface area contributed by atoms with Crippen LogP contribution in [0.4, 0.5) is 5.82 Å². The van der Waals surface area contributed by atoms with Crippen LogP contribution in [-0.2, 0) is 0 Å². The molecule has 3 rings (SSSR count). The third kappa shape index (κ3) is 4.50. The third-order valence-electron chi connectivity index (χ3n) is 4.64. The predicted octanol–water partition coefficient (Wildman–Crippen LogP) is 2.81. The van der Waals surface area contributed by atoms with Gasteiger partial charge < -0.3 is 15.0 Å². The number of nitrogens with one attached hydrogen (secondary N) is 1. The third-order valence-corrected chi connectivity index (χ3v) is 4.64. The normalized spacial score (nSPS) is 13.7. The van der Waals surface area contributed by atoms with Crippen LogP contribution in [-0.4, -0.2) is 42.1 Å². The van der Waals surface area contributed by atoms with Crippen LogP contribution in [0, 0.1) is 20.8 Å². The lowest BCUT2D eigenvalue weighted by molar-refractivity contribution is 0.0946. The molecule has 1 amide bonds. The summed E-state index contributed by atoms with van der Waals surface area (Å²) in [4.78, 5) is 23.3. The maximum Gasteiger partial charge on any atom is 0.251 e. The van der Waals surface area contributed by atoms with E-state index >= 15 is 0 Å². The number of hydrogen-bond donors (Lipinski definition) is 1. The predicted molar refractivity (Wildman–Crippen MR) is 102 cm³/mol. The first-order valence-electron chi connectivity index (χ1n) is 9.12. The van der Waals surface area contributed by atoms with Gasteiger partial charge in [0.25, 0.3) is 5.91 Å². The maximum absolute atomic E-state index is 12.2. The van der Waals surface area contributed by atoms with E-state index in [1.165, 1.54) is 18.4 Å². The zero-order valence-corrected chi connectivity index (χ0v) is 15.7. The lowest BCUT2D eigenvalue weighted by atomic mass is 10.1. The Morgan fingerprint density at radius 2 is 1.88 bits per heavy atom. The number of benzene rings is 1. The van der Waals surface area contributed by atoms with Crippen LogP contribution in [0.1, 0.15) is 40.2 Å². The lowest BCUT2D eigenvalue weighted by Gasteiger charge is -2.17. The van der Waals surface area contributed by atoms with E-state index in [0.717, 1.165) is 24.5 Å². The van der Waals surface area contributed by atoms with E-state index in [2.05, 4.69) is 20.2 Å². The average Bonchev–Trinajstić information content (AvgIpc) is 3.15. The number of anilines is 1. The van der Waals surface area contributed by atoms with Crippen LogP contribution in [0.3, 0.4) is 0 Å². The van der Waals surface area contributed by atoms with Gasteiger partial charge in [-0.2, -0.15) is 4.98 Å². The number of carbonyl (C=O) groups is 1. The van der Waals surface area contributed by atoms with E-state index in [-0.39, 0.29) is 5.91 Å². The second-order valence-electron chi connectivity index (χ2n) is 6.71. The van der Waals surface area contributed by atoms with E-state index < -0.39 is 0 Å². The molecule has 138 valence electrons. The smallest absolute Gasteiger partial charge is 0.251 e. The Morgan fingerprint density at radius 1 is 1.12 bits per heavy atom. The van der Waals surface area contributed by atoms with Crippen molar-refractivity contribution in [3.63, 3.8) is 0 Å². The zero-order chi connectivity index (χ0) is 18.5. The summed E-state index contributed by atoms with van der Waals surface area (Å²) in [5, 5.41) is 2.88. The lowest BCUT2D eigenvalue weighted by Crippen LogP contribution is -2.28. The molecule has 0 radical (unpaired) electrons. The topological polar surface area (TPSA) is 67.3 Å². The molecule has 0 atom stereocenters. The van der Waals surface area contributed by atoms with Gasteiger partial charge in [-0.15, -0.1) is 0 Å². The van der Waals surface area contributed by atoms with Crippen molar-refractivity contribution >= 4 is 11.7 Å². The second-order valence-corrected chi connectivity index (χ2v) is 6.71. The van der Waals surface area contributed by atoms with Gasteiger partial charge in [0.15, 0.2) is 0 Å². The molecule has 0 saturated carbocycles. The molecule has 2 heterocycles. The van der Waals surface area contributed by atoms with Crippen molar-refractivity contribution in [2.45, 2.75) is 33.6 Å². The molecular formula is C20H26N4O2. The fraction of sp³-hybridized carbons (Fsp3) is 0.450. The number of nitrogens with zero attached hydrogens (tertiary/aromatic N) is 3. The van der Waals surface area contributed by atoms with Crippen molar-refractivity contribution in [1.29, 1.82) is 0 Å². The Labute approximate surface area is 154 Å². The highest BCUT2D eigenvalue weighted by Gasteiger charge is 2.15. The van der Waals surface area contributed by atoms with Gasteiger partial charge in [-0.25, -0.2) is 4.98 Å². The SMILES string of the molecule is Cc1nc(OCCNC(=O)c2ccc(C)c(C)c2)cc(N2CCCC2)n1. The molecule has 6 nitrogen and oxygen atoms in total. The summed E-state index contributed by atoms with van der Waals surface area (Å²) >= 11 is 0. The van der Waals surface area contributed by atoms with Gasteiger partial charge in [0.1, 0.15) is 18.2 Å². The number of amides is 1. The molecule has 26 heavy (non-hydrogen) atoms. The van der Waals surface area contributed by atoms with Crippen LogP contribution < -0.4 is 15.0 Å². The number of ether oxygens (including phenoxy) is 1. The van der Waals surface area contributed by atoms with Crippen LogP contribution in [0.5, 0.6) is 5.88 Å². The molecule has 2 aromatic rings. The fourth-order valence-corrected chi connectivity index (χ4v) is 3.01. The van der Waals surface area contributed by atoms with E-state index in [1.807, 2.05) is 45.0 Å². The summed E-state index contributed by atoms with van der Waals surface area (Å²) in [6, 6.07) is 7.59. The van der Waals surface area contributed by atoms with Crippen molar-refractivity contribution < 1.29 is 9.53 Å². The van der Waals surface area contributed by atoms with Crippen molar-refractivity contribution in [2.75, 3.05) is 31.1 Å². The minimum atomic E-state index is -0.0895. The van der Waals surface area contributed by atoms with E-state index in [1.54, 1.807) is 0 Å². The first kappa shape index (κ1) is 18.2. The molecule has 1 N–H and O–H groups in total. The van der Waals surface area contributed by atoms with Crippen LogP contribution in [0.25, 0.3) is 0 Å². The van der Waals surface area contributed by atoms with Crippen molar-refractivity contribution in [3.05, 3.63) is 46.8 Å². The van der Waals surface area contributed by atoms with Crippen molar-refractivity contribution in [2.24, 2.45) is 0 Å². The Hall–Kier alpha value is -2.63. The zero-order valence-electron chi connectivity index (χ0n) is 15.7. The Balaban J connectivity index is 1.51. The van der Waals surface area contributed by atoms with Gasteiger partial charge in [0, 0.05) is 24.7 Å². The molecule has 6 heteroatoms.